The molecule has 0 radical (unpaired) electrons. The first kappa shape index (κ1) is 101. The summed E-state index contributed by atoms with van der Waals surface area (Å²) in [7, 11) is 36.0. The quantitative estimate of drug-likeness (QED) is 0.0304. The van der Waals surface area contributed by atoms with Gasteiger partial charge in [0.1, 0.15) is 105 Å². The Hall–Kier alpha value is -11.4. The molecule has 6 aliphatic rings. The number of nitrogens with one attached hydrogen (secondary N) is 2. The van der Waals surface area contributed by atoms with E-state index in [0.29, 0.717) is 74.5 Å². The third-order valence-corrected chi connectivity index (χ3v) is 22.0. The van der Waals surface area contributed by atoms with Gasteiger partial charge in [-0.1, -0.05) is 6.07 Å². The van der Waals surface area contributed by atoms with Gasteiger partial charge >= 0.3 is 0 Å². The van der Waals surface area contributed by atoms with Crippen molar-refractivity contribution in [3.05, 3.63) is 179 Å². The van der Waals surface area contributed by atoms with Crippen molar-refractivity contribution in [3.63, 3.8) is 0 Å². The SMILES string of the molecule is CCN(CCCC(=O)CCCOC)c1cc(OC)c(-c2c3ccc(=[N+](C)C)cc-3oc3cc(N(C)C)ccc23)cc1NC.CCN(CCCC(=O)CCCOC)c1cc(OC)c(-c2c3ccc(=[N+](C)C)cc-3oc3cc(N(C)C)ccc23)cc1OC.COCCNC(=O)c1ccc(-c2c3ccc(=[N+](C)C)cc-3oc3cc(N(C)C)ccc23)c(C(=O)[O-])c1.[Cl-].[Cl-].[Cl-]. The molecule has 3 aliphatic carbocycles. The highest BCUT2D eigenvalue weighted by Crippen LogP contribution is 2.50. The lowest BCUT2D eigenvalue weighted by Crippen LogP contribution is -3.00. The fourth-order valence-corrected chi connectivity index (χ4v) is 15.2. The smallest absolute Gasteiger partial charge is 0.251 e. The standard InChI is InChI=1S/C35H47N4O4.C35H46N3O5.C28H29N3O5.3ClH/c1-9-39(18-10-12-26(40)13-11-19-41-7)31-23-32(42-8)29(22-30(31)36-2)35-27-16-14-24(37(3)4)20-33(27)43-34-21-25(38(5)6)15-17-28(34)35;1-9-38(18-10-12-26(39)13-11-19-40-6)30-23-31(41-7)29(22-34(30)42-8)35-27-16-14-24(36(2)3)20-32(27)43-33-21-25(37(4)5)15-17-28(33)35;1-30(2)18-7-10-21-24(15-18)36-25-16-19(31(3)4)8-11-22(25)26(21)20-9-6-17(14-23(20)28(33)34)27(32)29-12-13-35-5;;;/h14-17,20-23,36H,9-13,18-19H2,1-8H3;14-17,20-23H,9-13,18-19H2,1-8H3;6-11,14-16H,12-13H2,1-5H3,(H-,29,32,33,34);3*1H/q2*+1;;;;/p-3. The molecule has 125 heavy (non-hydrogen) atoms. The number of methoxy groups -OCH3 is 6. The van der Waals surface area contributed by atoms with Crippen LogP contribution in [0.4, 0.5) is 34.1 Å². The molecule has 3 aliphatic heterocycles. The van der Waals surface area contributed by atoms with E-state index in [4.69, 9.17) is 41.7 Å². The zero-order chi connectivity index (χ0) is 88.2. The predicted octanol–water partition coefficient (Wildman–Crippen LogP) is 4.93. The fourth-order valence-electron chi connectivity index (χ4n) is 15.2. The molecule has 12 rings (SSSR count). The molecule has 27 heteroatoms. The van der Waals surface area contributed by atoms with E-state index in [9.17, 15) is 24.3 Å². The van der Waals surface area contributed by atoms with Crippen LogP contribution in [0.1, 0.15) is 85.9 Å². The number of fused-ring (bicyclic) bond motifs is 6. The van der Waals surface area contributed by atoms with Crippen LogP contribution in [0, 0.1) is 0 Å². The lowest BCUT2D eigenvalue weighted by Gasteiger charge is -2.28. The number of ketones is 2. The van der Waals surface area contributed by atoms with Crippen LogP contribution in [0.25, 0.3) is 100 Å². The second kappa shape index (κ2) is 47.1. The highest BCUT2D eigenvalue weighted by atomic mass is 35.5. The van der Waals surface area contributed by atoms with Crippen molar-refractivity contribution in [2.75, 3.05) is 217 Å². The van der Waals surface area contributed by atoms with Gasteiger partial charge in [0.25, 0.3) is 5.91 Å². The van der Waals surface area contributed by atoms with Gasteiger partial charge < -0.3 is 124 Å². The van der Waals surface area contributed by atoms with Gasteiger partial charge in [-0.25, -0.2) is 13.7 Å². The van der Waals surface area contributed by atoms with Crippen LogP contribution in [-0.4, -0.2) is 210 Å². The first-order valence-electron chi connectivity index (χ1n) is 41.5. The van der Waals surface area contributed by atoms with Crippen LogP contribution < -0.4 is 121 Å². The van der Waals surface area contributed by atoms with Crippen molar-refractivity contribution in [1.82, 2.24) is 19.0 Å². The van der Waals surface area contributed by atoms with E-state index < -0.39 is 5.97 Å². The summed E-state index contributed by atoms with van der Waals surface area (Å²) in [6.45, 7) is 9.27. The molecule has 2 N–H and O–H groups in total. The Morgan fingerprint density at radius 3 is 1.14 bits per heavy atom. The molecule has 0 bridgehead atoms. The van der Waals surface area contributed by atoms with Crippen LogP contribution in [-0.2, 0) is 23.8 Å². The summed E-state index contributed by atoms with van der Waals surface area (Å²) in [4.78, 5) is 60.2. The van der Waals surface area contributed by atoms with Crippen LogP contribution in [0.15, 0.2) is 165 Å². The highest BCUT2D eigenvalue weighted by molar-refractivity contribution is 6.10. The van der Waals surface area contributed by atoms with Gasteiger partial charge in [-0.2, -0.15) is 0 Å². The van der Waals surface area contributed by atoms with E-state index in [2.05, 4.69) is 150 Å². The van der Waals surface area contributed by atoms with Gasteiger partial charge in [0.05, 0.1) is 69.2 Å². The Morgan fingerprint density at radius 2 is 0.776 bits per heavy atom. The zero-order valence-electron chi connectivity index (χ0n) is 76.2. The lowest BCUT2D eigenvalue weighted by molar-refractivity contribution is -0.255. The zero-order valence-corrected chi connectivity index (χ0v) is 78.4. The molecule has 0 saturated heterocycles. The Morgan fingerprint density at radius 1 is 0.408 bits per heavy atom. The molecule has 0 saturated carbocycles. The maximum absolute atomic E-state index is 12.6. The van der Waals surface area contributed by atoms with E-state index in [1.165, 1.54) is 6.07 Å². The number of rotatable bonds is 35. The molecule has 6 aromatic carbocycles. The average Bonchev–Trinajstić information content (AvgIpc) is 0.755. The van der Waals surface area contributed by atoms with Crippen molar-refractivity contribution in [2.45, 2.75) is 65.2 Å². The van der Waals surface area contributed by atoms with Gasteiger partial charge in [0.15, 0.2) is 0 Å². The van der Waals surface area contributed by atoms with Gasteiger partial charge in [-0.05, 0) is 124 Å². The number of nitrogens with zero attached hydrogens (tertiary/aromatic N) is 8. The summed E-state index contributed by atoms with van der Waals surface area (Å²) in [5.41, 5.74) is 16.4. The van der Waals surface area contributed by atoms with Crippen molar-refractivity contribution in [2.24, 2.45) is 0 Å². The summed E-state index contributed by atoms with van der Waals surface area (Å²) < 4.78 is 58.8. The number of carboxylic acid groups (broad SMARTS) is 1. The Bertz CT molecular complexity index is 5610. The average molecular weight is 1770 g/mol. The van der Waals surface area contributed by atoms with E-state index in [1.54, 1.807) is 54.8 Å². The minimum absolute atomic E-state index is 0. The van der Waals surface area contributed by atoms with E-state index >= 15 is 0 Å². The van der Waals surface area contributed by atoms with Crippen LogP contribution >= 0.6 is 0 Å². The van der Waals surface area contributed by atoms with Gasteiger partial charge in [0.2, 0.25) is 16.1 Å². The summed E-state index contributed by atoms with van der Waals surface area (Å²) in [5, 5.41) is 24.3. The van der Waals surface area contributed by atoms with E-state index in [-0.39, 0.29) is 65.8 Å². The molecule has 6 aromatic rings. The minimum atomic E-state index is -1.37. The molecule has 0 aromatic heterocycles. The summed E-state index contributed by atoms with van der Waals surface area (Å²) in [6.07, 6.45) is 5.36. The number of Topliss-reactive ketones (excluding diaryl/α,β-unsaturated/α-hetero) is 2. The first-order chi connectivity index (χ1) is 58.6. The molecule has 24 nitrogen and oxygen atoms in total. The Balaban J connectivity index is 0.000000255. The fraction of sp³-hybridized carbons (Fsp3) is 0.378. The van der Waals surface area contributed by atoms with Gasteiger partial charge in [0, 0.05) is 280 Å². The second-order valence-electron chi connectivity index (χ2n) is 31.4. The number of aromatic carboxylic acids is 1. The number of benzene rings is 9. The maximum Gasteiger partial charge on any atom is 0.251 e. The molecule has 1 amide bonds. The third-order valence-electron chi connectivity index (χ3n) is 22.0. The van der Waals surface area contributed by atoms with Gasteiger partial charge in [-0.15, -0.1) is 0 Å². The number of anilines is 6. The Kier molecular flexibility index (Phi) is 37.9. The number of ether oxygens (including phenoxy) is 6. The van der Waals surface area contributed by atoms with Crippen LogP contribution in [0.3, 0.4) is 0 Å². The van der Waals surface area contributed by atoms with Crippen molar-refractivity contribution in [1.29, 1.82) is 0 Å². The number of hydrogen-bond donors (Lipinski definition) is 2. The van der Waals surface area contributed by atoms with E-state index in [1.807, 2.05) is 137 Å². The minimum Gasteiger partial charge on any atom is -1.00 e. The van der Waals surface area contributed by atoms with Gasteiger partial charge in [-0.3, -0.25) is 14.4 Å². The Labute approximate surface area is 753 Å². The second-order valence-corrected chi connectivity index (χ2v) is 31.4. The number of amides is 1. The molecule has 3 heterocycles. The van der Waals surface area contributed by atoms with Crippen LogP contribution in [0.2, 0.25) is 0 Å². The summed E-state index contributed by atoms with van der Waals surface area (Å²) in [5.74, 6) is 3.31. The third kappa shape index (κ3) is 24.2. The molecule has 0 atom stereocenters. The number of carbonyl (C=O) groups excluding carboxylic acids is 4. The number of hydrogen-bond acceptors (Lipinski definition) is 20. The first-order valence-corrected chi connectivity index (χ1v) is 41.5. The normalized spacial score (nSPS) is 10.9. The highest BCUT2D eigenvalue weighted by Gasteiger charge is 2.29. The molecular weight excluding hydrogens is 1650 g/mol. The van der Waals surface area contributed by atoms with Crippen molar-refractivity contribution >= 4 is 90.5 Å². The lowest BCUT2D eigenvalue weighted by atomic mass is 9.89. The molecule has 0 unspecified atom stereocenters. The van der Waals surface area contributed by atoms with Crippen molar-refractivity contribution in [3.8, 4) is 84.6 Å². The molecule has 0 fully saturated rings. The monoisotopic (exact) mass is 1770 g/mol. The van der Waals surface area contributed by atoms with Crippen molar-refractivity contribution < 1.29 is 103 Å². The van der Waals surface area contributed by atoms with E-state index in [0.717, 1.165) is 197 Å². The largest absolute Gasteiger partial charge is 1.00 e. The predicted molar refractivity (Wildman–Crippen MR) is 493 cm³/mol. The molecular formula is C98H122Cl3N10O14-. The van der Waals surface area contributed by atoms with Crippen LogP contribution in [0.5, 0.6) is 17.2 Å². The molecule has 0 spiro atoms. The maximum atomic E-state index is 12.6. The topological polar surface area (TPSA) is 235 Å². The number of carbonyl (C=O) groups is 4. The molecule has 670 valence electrons. The summed E-state index contributed by atoms with van der Waals surface area (Å²) >= 11 is 0. The number of halogens is 3. The summed E-state index contributed by atoms with van der Waals surface area (Å²) in [6, 6.07) is 50.0. The number of carboxylic acids is 1.